The van der Waals surface area contributed by atoms with Gasteiger partial charge in [0.15, 0.2) is 0 Å². The highest BCUT2D eigenvalue weighted by molar-refractivity contribution is 6.99. The summed E-state index contributed by atoms with van der Waals surface area (Å²) in [6, 6.07) is 95.1. The second kappa shape index (κ2) is 19.7. The quantitative estimate of drug-likeness (QED) is 0.149. The van der Waals surface area contributed by atoms with Crippen molar-refractivity contribution in [1.29, 1.82) is 5.26 Å². The van der Waals surface area contributed by atoms with E-state index in [1.165, 1.54) is 11.1 Å². The van der Waals surface area contributed by atoms with Crippen molar-refractivity contribution in [2.75, 3.05) is 4.90 Å². The highest BCUT2D eigenvalue weighted by Crippen LogP contribution is 2.52. The molecule has 16 rings (SSSR count). The Hall–Kier alpha value is -10.6. The first-order valence-corrected chi connectivity index (χ1v) is 30.1. The van der Waals surface area contributed by atoms with Crippen molar-refractivity contribution < 1.29 is 9.15 Å². The van der Waals surface area contributed by atoms with E-state index >= 15 is 0 Å². The molecule has 0 spiro atoms. The number of aromatic nitrogens is 1. The van der Waals surface area contributed by atoms with Gasteiger partial charge in [-0.25, -0.2) is 0 Å². The molecule has 0 radical (unpaired) electrons. The van der Waals surface area contributed by atoms with Gasteiger partial charge in [0.05, 0.1) is 34.0 Å². The number of nitrogens with zero attached hydrogens (tertiary/aromatic N) is 3. The molecule has 0 amide bonds. The van der Waals surface area contributed by atoms with Crippen LogP contribution >= 0.6 is 0 Å². The SMILES string of the molecule is CC(C)(C)c1ccc(-c2cc3c4c(c2)N(c2c(-c5ccccc5)cccc2-c2ccccc2)c2ccc(-c5c(-c6cccc7c6oc6ccccc67)cccc5-n5c6ccccc6c6cc(C#N)ccc65)cc2B4c2ccc(C(C)(C)C)cc2O3)cc1. The van der Waals surface area contributed by atoms with Crippen LogP contribution in [0.1, 0.15) is 58.2 Å². The van der Waals surface area contributed by atoms with E-state index in [4.69, 9.17) is 9.15 Å². The predicted molar refractivity (Wildman–Crippen MR) is 363 cm³/mol. The number of hydrogen-bond acceptors (Lipinski definition) is 4. The summed E-state index contributed by atoms with van der Waals surface area (Å²) in [5.74, 6) is 1.70. The van der Waals surface area contributed by atoms with Crippen LogP contribution in [-0.4, -0.2) is 11.3 Å². The molecule has 12 aromatic carbocycles. The van der Waals surface area contributed by atoms with Crippen LogP contribution in [0.5, 0.6) is 11.5 Å². The molecule has 4 heterocycles. The van der Waals surface area contributed by atoms with Gasteiger partial charge in [0.2, 0.25) is 0 Å². The van der Waals surface area contributed by atoms with Gasteiger partial charge in [-0.05, 0) is 132 Å². The van der Waals surface area contributed by atoms with Crippen LogP contribution in [0.25, 0.3) is 105 Å². The van der Waals surface area contributed by atoms with Crippen molar-refractivity contribution in [3.8, 4) is 78.9 Å². The smallest absolute Gasteiger partial charge is 0.256 e. The zero-order chi connectivity index (χ0) is 58.9. The lowest BCUT2D eigenvalue weighted by atomic mass is 9.34. The minimum absolute atomic E-state index is 0.00683. The maximum Gasteiger partial charge on any atom is 0.256 e. The summed E-state index contributed by atoms with van der Waals surface area (Å²) in [6.07, 6.45) is 0. The summed E-state index contributed by atoms with van der Waals surface area (Å²) < 4.78 is 16.8. The van der Waals surface area contributed by atoms with E-state index in [1.807, 2.05) is 18.2 Å². The Bertz CT molecular complexity index is 5110. The summed E-state index contributed by atoms with van der Waals surface area (Å²) in [5, 5.41) is 14.5. The monoisotopic (exact) mass is 1120 g/mol. The van der Waals surface area contributed by atoms with E-state index in [0.717, 1.165) is 150 Å². The van der Waals surface area contributed by atoms with Gasteiger partial charge in [-0.15, -0.1) is 0 Å². The molecule has 0 bridgehead atoms. The minimum atomic E-state index is -0.243. The second-order valence-corrected chi connectivity index (χ2v) is 25.5. The van der Waals surface area contributed by atoms with Crippen molar-refractivity contribution in [1.82, 2.24) is 4.57 Å². The molecule has 0 saturated heterocycles. The normalized spacial score (nSPS) is 12.7. The van der Waals surface area contributed by atoms with E-state index in [9.17, 15) is 5.26 Å². The maximum atomic E-state index is 10.3. The highest BCUT2D eigenvalue weighted by atomic mass is 16.5. The average Bonchev–Trinajstić information content (AvgIpc) is 1.21. The minimum Gasteiger partial charge on any atom is -0.458 e. The standard InChI is InChI=1S/C81H60BN3O2/c1-80(2,3)56-38-35-51(36-39-56)55-46-72-77-75(47-55)86-74-48-57(81(4,5)6)40-41-66(74)82(77)67-45-54(37-43-70(67)85(72)78-58(52-20-9-7-10-21-52)26-17-27-59(78)53-22-11-8-12-23-53)76-62(64-30-18-29-63-61-25-14-16-33-73(61)87-79(63)64)28-19-32-71(76)84-68-31-15-13-24-60(68)65-44-50(49-83)34-42-69(65)84/h7-48H,1-6H3. The number of para-hydroxylation sites is 4. The topological polar surface area (TPSA) is 54.3 Å². The number of fused-ring (bicyclic) bond motifs is 10. The summed E-state index contributed by atoms with van der Waals surface area (Å²) in [6.45, 7) is 13.4. The van der Waals surface area contributed by atoms with Crippen molar-refractivity contribution in [3.63, 3.8) is 0 Å². The first kappa shape index (κ1) is 52.0. The Morgan fingerprint density at radius 3 is 1.76 bits per heavy atom. The van der Waals surface area contributed by atoms with Crippen LogP contribution in [-0.2, 0) is 10.8 Å². The van der Waals surface area contributed by atoms with E-state index in [0.29, 0.717) is 5.56 Å². The molecule has 6 heteroatoms. The number of nitriles is 1. The number of benzene rings is 12. The zero-order valence-corrected chi connectivity index (χ0v) is 49.5. The second-order valence-electron chi connectivity index (χ2n) is 25.5. The fourth-order valence-corrected chi connectivity index (χ4v) is 13.9. The largest absolute Gasteiger partial charge is 0.458 e. The van der Waals surface area contributed by atoms with Crippen LogP contribution in [0, 0.1) is 11.3 Å². The Labute approximate surface area is 507 Å². The van der Waals surface area contributed by atoms with Crippen molar-refractivity contribution in [2.45, 2.75) is 52.4 Å². The molecule has 2 aliphatic heterocycles. The average molecular weight is 1120 g/mol. The summed E-state index contributed by atoms with van der Waals surface area (Å²) in [7, 11) is 0. The summed E-state index contributed by atoms with van der Waals surface area (Å²) in [4.78, 5) is 2.56. The Balaban J connectivity index is 1.04. The van der Waals surface area contributed by atoms with E-state index in [-0.39, 0.29) is 17.5 Å². The zero-order valence-electron chi connectivity index (χ0n) is 49.5. The van der Waals surface area contributed by atoms with E-state index in [1.54, 1.807) is 0 Å². The highest BCUT2D eigenvalue weighted by Gasteiger charge is 2.44. The number of anilines is 3. The summed E-state index contributed by atoms with van der Waals surface area (Å²) in [5.41, 5.74) is 25.2. The molecule has 0 saturated carbocycles. The van der Waals surface area contributed by atoms with Crippen LogP contribution in [0.4, 0.5) is 17.1 Å². The molecule has 87 heavy (non-hydrogen) atoms. The first-order valence-electron chi connectivity index (χ1n) is 30.1. The Morgan fingerprint density at radius 1 is 0.402 bits per heavy atom. The molecule has 5 nitrogen and oxygen atoms in total. The fraction of sp³-hybridized carbons (Fsp3) is 0.0988. The van der Waals surface area contributed by atoms with Gasteiger partial charge in [0, 0.05) is 55.2 Å². The first-order chi connectivity index (χ1) is 42.4. The van der Waals surface area contributed by atoms with Crippen LogP contribution in [0.2, 0.25) is 0 Å². The van der Waals surface area contributed by atoms with Crippen molar-refractivity contribution in [2.24, 2.45) is 0 Å². The molecule has 0 unspecified atom stereocenters. The molecule has 2 aromatic heterocycles. The number of rotatable bonds is 7. The van der Waals surface area contributed by atoms with Gasteiger partial charge >= 0.3 is 0 Å². The summed E-state index contributed by atoms with van der Waals surface area (Å²) >= 11 is 0. The lowest BCUT2D eigenvalue weighted by Crippen LogP contribution is -2.59. The number of ether oxygens (including phenoxy) is 1. The van der Waals surface area contributed by atoms with Gasteiger partial charge < -0.3 is 18.6 Å². The third-order valence-electron chi connectivity index (χ3n) is 18.2. The van der Waals surface area contributed by atoms with E-state index < -0.39 is 0 Å². The van der Waals surface area contributed by atoms with Crippen molar-refractivity contribution in [3.05, 3.63) is 271 Å². The molecule has 0 N–H and O–H groups in total. The molecule has 0 aliphatic carbocycles. The molecule has 414 valence electrons. The van der Waals surface area contributed by atoms with Crippen LogP contribution < -0.4 is 26.0 Å². The maximum absolute atomic E-state index is 10.3. The van der Waals surface area contributed by atoms with Gasteiger partial charge in [-0.1, -0.05) is 236 Å². The van der Waals surface area contributed by atoms with Gasteiger partial charge in [0.25, 0.3) is 6.71 Å². The lowest BCUT2D eigenvalue weighted by molar-refractivity contribution is 0.483. The predicted octanol–water partition coefficient (Wildman–Crippen LogP) is 19.9. The van der Waals surface area contributed by atoms with E-state index in [2.05, 4.69) is 294 Å². The third-order valence-corrected chi connectivity index (χ3v) is 18.2. The third kappa shape index (κ3) is 8.36. The molecule has 0 fully saturated rings. The fourth-order valence-electron chi connectivity index (χ4n) is 13.9. The molecular formula is C81H60BN3O2. The van der Waals surface area contributed by atoms with Gasteiger partial charge in [0.1, 0.15) is 22.7 Å². The van der Waals surface area contributed by atoms with Crippen LogP contribution in [0.15, 0.2) is 259 Å². The number of hydrogen-bond donors (Lipinski definition) is 0. The van der Waals surface area contributed by atoms with Crippen LogP contribution in [0.3, 0.4) is 0 Å². The van der Waals surface area contributed by atoms with Gasteiger partial charge in [-0.3, -0.25) is 0 Å². The molecule has 0 atom stereocenters. The van der Waals surface area contributed by atoms with Crippen molar-refractivity contribution >= 4 is 83.9 Å². The molecular weight excluding hydrogens is 1060 g/mol. The molecule has 14 aromatic rings. The Morgan fingerprint density at radius 2 is 1.02 bits per heavy atom. The molecule has 2 aliphatic rings. The number of furan rings is 1. The Kier molecular flexibility index (Phi) is 11.8. The lowest BCUT2D eigenvalue weighted by Gasteiger charge is -2.42. The van der Waals surface area contributed by atoms with Gasteiger partial charge in [-0.2, -0.15) is 5.26 Å².